The molecule has 0 spiro atoms. The maximum Gasteiger partial charge on any atom is 0.271 e. The number of aryl methyl sites for hydroxylation is 1. The number of carbonyl (C=O) groups is 2. The minimum atomic E-state index is -1.00. The lowest BCUT2D eigenvalue weighted by Crippen LogP contribution is -2.65. The summed E-state index contributed by atoms with van der Waals surface area (Å²) in [7, 11) is 0. The van der Waals surface area contributed by atoms with E-state index in [4.69, 9.17) is 16.0 Å². The molecule has 0 radical (unpaired) electrons. The fourth-order valence-electron chi connectivity index (χ4n) is 5.47. The first-order valence-corrected chi connectivity index (χ1v) is 12.7. The summed E-state index contributed by atoms with van der Waals surface area (Å²) < 4.78 is 7.76. The van der Waals surface area contributed by atoms with E-state index >= 15 is 0 Å². The van der Waals surface area contributed by atoms with Crippen LogP contribution in [0.5, 0.6) is 0 Å². The Balaban J connectivity index is 1.47. The van der Waals surface area contributed by atoms with Crippen molar-refractivity contribution in [2.24, 2.45) is 0 Å². The zero-order valence-electron chi connectivity index (χ0n) is 19.9. The molecule has 180 valence electrons. The van der Waals surface area contributed by atoms with Gasteiger partial charge in [0.05, 0.1) is 12.1 Å². The number of fused-ring (bicyclic) bond motifs is 3. The van der Waals surface area contributed by atoms with Crippen LogP contribution < -0.4 is 5.32 Å². The first-order valence-electron chi connectivity index (χ1n) is 12.3. The van der Waals surface area contributed by atoms with E-state index in [1.807, 2.05) is 54.8 Å². The summed E-state index contributed by atoms with van der Waals surface area (Å²) in [6, 6.07) is 11.6. The topological polar surface area (TPSA) is 67.5 Å². The van der Waals surface area contributed by atoms with E-state index in [1.54, 1.807) is 4.90 Å². The van der Waals surface area contributed by atoms with Gasteiger partial charge >= 0.3 is 0 Å². The van der Waals surface area contributed by atoms with Crippen LogP contribution in [0.15, 0.2) is 40.8 Å². The highest BCUT2D eigenvalue weighted by molar-refractivity contribution is 6.30. The van der Waals surface area contributed by atoms with E-state index in [2.05, 4.69) is 5.32 Å². The molecule has 7 heteroatoms. The summed E-state index contributed by atoms with van der Waals surface area (Å²) in [5, 5.41) is 4.00. The Hall–Kier alpha value is -2.73. The highest BCUT2D eigenvalue weighted by Gasteiger charge is 2.48. The first-order chi connectivity index (χ1) is 16.3. The molecule has 3 heterocycles. The highest BCUT2D eigenvalue weighted by Crippen LogP contribution is 2.34. The predicted octanol–water partition coefficient (Wildman–Crippen LogP) is 5.49. The molecular weight excluding hydrogens is 450 g/mol. The van der Waals surface area contributed by atoms with E-state index in [-0.39, 0.29) is 17.9 Å². The third kappa shape index (κ3) is 4.24. The largest absolute Gasteiger partial charge is 0.460 e. The number of benzene rings is 1. The van der Waals surface area contributed by atoms with E-state index in [9.17, 15) is 9.59 Å². The number of aromatic nitrogens is 1. The molecule has 1 saturated carbocycles. The number of rotatable bonds is 5. The van der Waals surface area contributed by atoms with Crippen molar-refractivity contribution in [1.29, 1.82) is 0 Å². The van der Waals surface area contributed by atoms with Gasteiger partial charge in [0.25, 0.3) is 5.91 Å². The second-order valence-corrected chi connectivity index (χ2v) is 10.4. The number of halogens is 1. The van der Waals surface area contributed by atoms with Gasteiger partial charge in [-0.3, -0.25) is 9.59 Å². The third-order valence-corrected chi connectivity index (χ3v) is 7.71. The molecule has 1 N–H and O–H groups in total. The molecule has 2 amide bonds. The normalized spacial score (nSPS) is 21.5. The van der Waals surface area contributed by atoms with Crippen LogP contribution in [-0.4, -0.2) is 39.4 Å². The Morgan fingerprint density at radius 1 is 1.15 bits per heavy atom. The van der Waals surface area contributed by atoms with Gasteiger partial charge in [0.2, 0.25) is 5.91 Å². The van der Waals surface area contributed by atoms with Gasteiger partial charge in [0.15, 0.2) is 5.58 Å². The van der Waals surface area contributed by atoms with Crippen LogP contribution in [-0.2, 0) is 17.8 Å². The molecule has 1 atom stereocenters. The quantitative estimate of drug-likeness (QED) is 0.490. The number of amides is 2. The molecule has 0 saturated heterocycles. The molecule has 3 aromatic rings. The maximum absolute atomic E-state index is 13.8. The van der Waals surface area contributed by atoms with Gasteiger partial charge in [0.1, 0.15) is 17.0 Å². The Bertz CT molecular complexity index is 1200. The number of nitrogens with zero attached hydrogens (tertiary/aromatic N) is 2. The molecule has 1 aliphatic carbocycles. The fourth-order valence-corrected chi connectivity index (χ4v) is 5.59. The summed E-state index contributed by atoms with van der Waals surface area (Å²) in [5.74, 6) is 0.585. The number of hydrogen-bond acceptors (Lipinski definition) is 3. The van der Waals surface area contributed by atoms with E-state index in [1.165, 1.54) is 12.8 Å². The Labute approximate surface area is 205 Å². The maximum atomic E-state index is 13.8. The van der Waals surface area contributed by atoms with Gasteiger partial charge in [-0.25, -0.2) is 0 Å². The van der Waals surface area contributed by atoms with Gasteiger partial charge in [0, 0.05) is 29.7 Å². The van der Waals surface area contributed by atoms with Crippen LogP contribution in [0.2, 0.25) is 5.02 Å². The monoisotopic (exact) mass is 481 g/mol. The summed E-state index contributed by atoms with van der Waals surface area (Å²) >= 11 is 6.04. The van der Waals surface area contributed by atoms with Crippen LogP contribution in [0.1, 0.15) is 67.3 Å². The summed E-state index contributed by atoms with van der Waals surface area (Å²) in [5.41, 5.74) is 2.21. The average Bonchev–Trinajstić information content (AvgIpc) is 3.20. The van der Waals surface area contributed by atoms with Crippen molar-refractivity contribution in [2.45, 2.75) is 76.9 Å². The Morgan fingerprint density at radius 3 is 2.56 bits per heavy atom. The van der Waals surface area contributed by atoms with Crippen LogP contribution in [0.3, 0.4) is 0 Å². The molecule has 0 unspecified atom stereocenters. The molecule has 1 aliphatic heterocycles. The van der Waals surface area contributed by atoms with E-state index in [0.29, 0.717) is 35.8 Å². The van der Waals surface area contributed by atoms with Crippen LogP contribution in [0.4, 0.5) is 0 Å². The van der Waals surface area contributed by atoms with Gasteiger partial charge < -0.3 is 19.2 Å². The summed E-state index contributed by atoms with van der Waals surface area (Å²) in [4.78, 5) is 29.4. The second kappa shape index (κ2) is 9.14. The van der Waals surface area contributed by atoms with Crippen molar-refractivity contribution in [2.75, 3.05) is 6.54 Å². The molecule has 0 bridgehead atoms. The lowest BCUT2D eigenvalue weighted by atomic mass is 9.93. The number of hydrogen-bond donors (Lipinski definition) is 1. The Kier molecular flexibility index (Phi) is 6.19. The van der Waals surface area contributed by atoms with Gasteiger partial charge in [-0.15, -0.1) is 0 Å². The molecule has 1 aromatic carbocycles. The molecule has 34 heavy (non-hydrogen) atoms. The smallest absolute Gasteiger partial charge is 0.271 e. The first kappa shape index (κ1) is 23.0. The molecule has 5 rings (SSSR count). The highest BCUT2D eigenvalue weighted by atomic mass is 35.5. The minimum absolute atomic E-state index is 0.0726. The van der Waals surface area contributed by atoms with E-state index in [0.717, 1.165) is 42.5 Å². The average molecular weight is 482 g/mol. The molecule has 6 nitrogen and oxygen atoms in total. The van der Waals surface area contributed by atoms with Crippen molar-refractivity contribution in [3.05, 3.63) is 58.4 Å². The van der Waals surface area contributed by atoms with Crippen molar-refractivity contribution < 1.29 is 14.0 Å². The van der Waals surface area contributed by atoms with Gasteiger partial charge in [-0.1, -0.05) is 49.4 Å². The zero-order valence-corrected chi connectivity index (χ0v) is 20.7. The lowest BCUT2D eigenvalue weighted by molar-refractivity contribution is -0.133. The Morgan fingerprint density at radius 2 is 1.85 bits per heavy atom. The summed E-state index contributed by atoms with van der Waals surface area (Å²) in [6.07, 6.45) is 7.36. The van der Waals surface area contributed by atoms with Crippen LogP contribution in [0, 0.1) is 6.92 Å². The molecule has 2 aromatic heterocycles. The minimum Gasteiger partial charge on any atom is -0.460 e. The van der Waals surface area contributed by atoms with E-state index < -0.39 is 5.54 Å². The molecular formula is C27H32ClN3O3. The van der Waals surface area contributed by atoms with Gasteiger partial charge in [-0.05, 0) is 50.8 Å². The lowest BCUT2D eigenvalue weighted by Gasteiger charge is -2.44. The van der Waals surface area contributed by atoms with Crippen molar-refractivity contribution in [3.8, 4) is 0 Å². The van der Waals surface area contributed by atoms with Crippen molar-refractivity contribution in [3.63, 3.8) is 0 Å². The van der Waals surface area contributed by atoms with Gasteiger partial charge in [-0.2, -0.15) is 0 Å². The van der Waals surface area contributed by atoms with Crippen LogP contribution in [0.25, 0.3) is 11.1 Å². The second-order valence-electron chi connectivity index (χ2n) is 9.99. The number of carbonyl (C=O) groups excluding carboxylic acids is 2. The standard InChI is InChI=1S/C27H32ClN3O3/c1-18-15-22-24(34-18)16-23-25(32)31(14-13-19-9-11-20(28)12-10-19)27(2,17-30(22)23)26(33)29-21-7-5-3-4-6-8-21/h9-12,15-16,21H,3-8,13-14,17H2,1-2H3,(H,29,33)/t27-/m1/s1. The number of nitrogens with one attached hydrogen (secondary N) is 1. The molecule has 1 fully saturated rings. The van der Waals surface area contributed by atoms with Crippen molar-refractivity contribution in [1.82, 2.24) is 14.8 Å². The molecule has 2 aliphatic rings. The summed E-state index contributed by atoms with van der Waals surface area (Å²) in [6.45, 7) is 4.64. The zero-order chi connectivity index (χ0) is 23.9. The van der Waals surface area contributed by atoms with Crippen LogP contribution >= 0.6 is 11.6 Å². The SMILES string of the molecule is Cc1cc2c(cc3n2C[C@](C)(C(=O)NC2CCCCCC2)N(CCc2ccc(Cl)cc2)C3=O)o1. The van der Waals surface area contributed by atoms with Crippen molar-refractivity contribution >= 4 is 34.5 Å². The fraction of sp³-hybridized carbons (Fsp3) is 0.481. The predicted molar refractivity (Wildman–Crippen MR) is 133 cm³/mol. The third-order valence-electron chi connectivity index (χ3n) is 7.46. The number of furan rings is 1.